The zero-order chi connectivity index (χ0) is 17.9. The summed E-state index contributed by atoms with van der Waals surface area (Å²) in [4.78, 5) is 21.9. The van der Waals surface area contributed by atoms with Gasteiger partial charge >= 0.3 is 0 Å². The molecular weight excluding hydrogens is 352 g/mol. The van der Waals surface area contributed by atoms with Gasteiger partial charge < -0.3 is 14.3 Å². The number of amides is 1. The van der Waals surface area contributed by atoms with Crippen molar-refractivity contribution in [1.82, 2.24) is 20.4 Å². The number of carbonyl (C=O) groups excluding carboxylic acids is 1. The third kappa shape index (κ3) is 3.27. The molecular formula is C18H14N4O3S. The lowest BCUT2D eigenvalue weighted by molar-refractivity contribution is 0.0942. The summed E-state index contributed by atoms with van der Waals surface area (Å²) in [5, 5.41) is 7.51. The first kappa shape index (κ1) is 16.2. The fraction of sp³-hybridized carbons (Fsp3) is 0.111. The van der Waals surface area contributed by atoms with E-state index in [1.54, 1.807) is 30.6 Å². The number of carbonyl (C=O) groups is 1. The van der Waals surface area contributed by atoms with Crippen molar-refractivity contribution in [2.24, 2.45) is 0 Å². The summed E-state index contributed by atoms with van der Waals surface area (Å²) in [6.07, 6.45) is 5.02. The second-order valence-electron chi connectivity index (χ2n) is 5.51. The van der Waals surface area contributed by atoms with Crippen molar-refractivity contribution in [1.29, 1.82) is 0 Å². The number of aryl methyl sites for hydroxylation is 1. The van der Waals surface area contributed by atoms with E-state index in [0.29, 0.717) is 18.1 Å². The van der Waals surface area contributed by atoms with Gasteiger partial charge in [-0.25, -0.2) is 4.98 Å². The monoisotopic (exact) mass is 366 g/mol. The number of hydrogen-bond donors (Lipinski definition) is 1. The van der Waals surface area contributed by atoms with Crippen LogP contribution in [0.1, 0.15) is 21.1 Å². The van der Waals surface area contributed by atoms with Gasteiger partial charge in [-0.3, -0.25) is 9.78 Å². The summed E-state index contributed by atoms with van der Waals surface area (Å²) in [6.45, 7) is 2.29. The van der Waals surface area contributed by atoms with E-state index >= 15 is 0 Å². The average Bonchev–Trinajstić information content (AvgIpc) is 3.41. The standard InChI is InChI=1S/C18H14N4O3S/c1-11-16(26-18(21-11)12-4-2-6-19-9-12)10-20-17(23)13-8-15(25-22-13)14-5-3-7-24-14/h2-9H,10H2,1H3,(H,20,23). The Bertz CT molecular complexity index is 1020. The van der Waals surface area contributed by atoms with Crippen molar-refractivity contribution in [2.45, 2.75) is 13.5 Å². The third-order valence-electron chi connectivity index (χ3n) is 3.72. The molecule has 0 saturated heterocycles. The number of pyridine rings is 1. The van der Waals surface area contributed by atoms with Gasteiger partial charge in [0.2, 0.25) is 5.76 Å². The summed E-state index contributed by atoms with van der Waals surface area (Å²) in [6, 6.07) is 8.86. The Morgan fingerprint density at radius 3 is 2.96 bits per heavy atom. The number of rotatable bonds is 5. The number of hydrogen-bond acceptors (Lipinski definition) is 7. The van der Waals surface area contributed by atoms with Crippen LogP contribution in [-0.4, -0.2) is 21.0 Å². The number of nitrogens with zero attached hydrogens (tertiary/aromatic N) is 3. The zero-order valence-electron chi connectivity index (χ0n) is 13.8. The first-order valence-corrected chi connectivity index (χ1v) is 8.68. The summed E-state index contributed by atoms with van der Waals surface area (Å²) >= 11 is 1.53. The van der Waals surface area contributed by atoms with Gasteiger partial charge in [-0.2, -0.15) is 0 Å². The molecule has 0 saturated carbocycles. The highest BCUT2D eigenvalue weighted by Crippen LogP contribution is 2.27. The van der Waals surface area contributed by atoms with Crippen LogP contribution in [0.3, 0.4) is 0 Å². The van der Waals surface area contributed by atoms with Gasteiger partial charge in [-0.05, 0) is 31.2 Å². The first-order chi connectivity index (χ1) is 12.7. The molecule has 0 aliphatic rings. The van der Waals surface area contributed by atoms with Crippen LogP contribution in [0.4, 0.5) is 0 Å². The number of thiazole rings is 1. The quantitative estimate of drug-likeness (QED) is 0.579. The lowest BCUT2D eigenvalue weighted by atomic mass is 10.3. The highest BCUT2D eigenvalue weighted by Gasteiger charge is 2.16. The Morgan fingerprint density at radius 2 is 2.19 bits per heavy atom. The molecule has 4 rings (SSSR count). The van der Waals surface area contributed by atoms with Crippen LogP contribution in [0, 0.1) is 6.92 Å². The SMILES string of the molecule is Cc1nc(-c2cccnc2)sc1CNC(=O)c1cc(-c2ccco2)on1. The van der Waals surface area contributed by atoms with Crippen molar-refractivity contribution in [2.75, 3.05) is 0 Å². The van der Waals surface area contributed by atoms with Gasteiger partial charge in [0.15, 0.2) is 11.5 Å². The maximum absolute atomic E-state index is 12.3. The molecule has 0 fully saturated rings. The van der Waals surface area contributed by atoms with Crippen LogP contribution in [0.15, 0.2) is 57.9 Å². The molecule has 4 aromatic heterocycles. The molecule has 0 aliphatic carbocycles. The highest BCUT2D eigenvalue weighted by atomic mass is 32.1. The maximum atomic E-state index is 12.3. The molecule has 0 bridgehead atoms. The van der Waals surface area contributed by atoms with E-state index in [2.05, 4.69) is 20.4 Å². The Balaban J connectivity index is 1.44. The molecule has 0 spiro atoms. The molecule has 1 N–H and O–H groups in total. The van der Waals surface area contributed by atoms with Crippen LogP contribution >= 0.6 is 11.3 Å². The van der Waals surface area contributed by atoms with Gasteiger partial charge in [0.1, 0.15) is 5.01 Å². The van der Waals surface area contributed by atoms with E-state index in [9.17, 15) is 4.79 Å². The van der Waals surface area contributed by atoms with Crippen LogP contribution in [0.2, 0.25) is 0 Å². The molecule has 0 aliphatic heterocycles. The average molecular weight is 366 g/mol. The van der Waals surface area contributed by atoms with E-state index in [-0.39, 0.29) is 11.6 Å². The minimum Gasteiger partial charge on any atom is -0.461 e. The Hall–Kier alpha value is -3.26. The molecule has 1 amide bonds. The second kappa shape index (κ2) is 6.93. The van der Waals surface area contributed by atoms with E-state index in [0.717, 1.165) is 21.1 Å². The zero-order valence-corrected chi connectivity index (χ0v) is 14.6. The molecule has 4 aromatic rings. The molecule has 26 heavy (non-hydrogen) atoms. The fourth-order valence-corrected chi connectivity index (χ4v) is 3.37. The molecule has 0 aromatic carbocycles. The van der Waals surface area contributed by atoms with Crippen LogP contribution in [0.25, 0.3) is 22.1 Å². The van der Waals surface area contributed by atoms with Crippen molar-refractivity contribution in [3.05, 3.63) is 65.3 Å². The summed E-state index contributed by atoms with van der Waals surface area (Å²) in [7, 11) is 0. The number of nitrogens with one attached hydrogen (secondary N) is 1. The second-order valence-corrected chi connectivity index (χ2v) is 6.59. The van der Waals surface area contributed by atoms with E-state index in [1.165, 1.54) is 17.6 Å². The predicted octanol–water partition coefficient (Wildman–Crippen LogP) is 3.69. The minimum atomic E-state index is -0.317. The van der Waals surface area contributed by atoms with Gasteiger partial charge in [0, 0.05) is 28.9 Å². The van der Waals surface area contributed by atoms with Gasteiger partial charge in [-0.15, -0.1) is 11.3 Å². The van der Waals surface area contributed by atoms with E-state index in [1.807, 2.05) is 19.1 Å². The van der Waals surface area contributed by atoms with Crippen LogP contribution in [0.5, 0.6) is 0 Å². The molecule has 0 atom stereocenters. The Kier molecular flexibility index (Phi) is 4.32. The lowest BCUT2D eigenvalue weighted by Gasteiger charge is -2.00. The Labute approximate surface area is 152 Å². The van der Waals surface area contributed by atoms with Crippen molar-refractivity contribution < 1.29 is 13.7 Å². The normalized spacial score (nSPS) is 10.8. The summed E-state index contributed by atoms with van der Waals surface area (Å²) < 4.78 is 10.4. The fourth-order valence-electron chi connectivity index (χ4n) is 2.37. The molecule has 130 valence electrons. The first-order valence-electron chi connectivity index (χ1n) is 7.86. The van der Waals surface area contributed by atoms with Crippen LogP contribution < -0.4 is 5.32 Å². The smallest absolute Gasteiger partial charge is 0.273 e. The Morgan fingerprint density at radius 1 is 1.27 bits per heavy atom. The molecule has 0 unspecified atom stereocenters. The molecule has 4 heterocycles. The maximum Gasteiger partial charge on any atom is 0.273 e. The van der Waals surface area contributed by atoms with Crippen LogP contribution in [-0.2, 0) is 6.54 Å². The summed E-state index contributed by atoms with van der Waals surface area (Å²) in [5.41, 5.74) is 2.04. The van der Waals surface area contributed by atoms with E-state index < -0.39 is 0 Å². The lowest BCUT2D eigenvalue weighted by Crippen LogP contribution is -2.22. The van der Waals surface area contributed by atoms with Gasteiger partial charge in [0.05, 0.1) is 18.5 Å². The highest BCUT2D eigenvalue weighted by molar-refractivity contribution is 7.15. The number of aromatic nitrogens is 3. The van der Waals surface area contributed by atoms with Crippen molar-refractivity contribution in [3.63, 3.8) is 0 Å². The topological polar surface area (TPSA) is 94.1 Å². The molecule has 8 heteroatoms. The van der Waals surface area contributed by atoms with Gasteiger partial charge in [0.25, 0.3) is 5.91 Å². The van der Waals surface area contributed by atoms with Crippen molar-refractivity contribution >= 4 is 17.2 Å². The molecule has 7 nitrogen and oxygen atoms in total. The molecule has 0 radical (unpaired) electrons. The minimum absolute atomic E-state index is 0.200. The van der Waals surface area contributed by atoms with E-state index in [4.69, 9.17) is 8.94 Å². The number of furan rings is 1. The third-order valence-corrected chi connectivity index (χ3v) is 4.92. The van der Waals surface area contributed by atoms with Gasteiger partial charge in [-0.1, -0.05) is 5.16 Å². The largest absolute Gasteiger partial charge is 0.461 e. The predicted molar refractivity (Wildman–Crippen MR) is 95.5 cm³/mol. The van der Waals surface area contributed by atoms with Crippen molar-refractivity contribution in [3.8, 4) is 22.1 Å². The summed E-state index contributed by atoms with van der Waals surface area (Å²) in [5.74, 6) is 0.617.